The van der Waals surface area contributed by atoms with Gasteiger partial charge in [-0.2, -0.15) is 8.78 Å². The summed E-state index contributed by atoms with van der Waals surface area (Å²) in [4.78, 5) is 25.7. The number of alkyl halides is 2. The lowest BCUT2D eigenvalue weighted by Crippen LogP contribution is -2.14. The molecule has 1 amide bonds. The first-order valence-electron chi connectivity index (χ1n) is 6.99. The number of thioether (sulfide) groups is 1. The molecule has 0 spiro atoms. The predicted octanol–water partition coefficient (Wildman–Crippen LogP) is 5.63. The maximum atomic E-state index is 12.6. The van der Waals surface area contributed by atoms with Gasteiger partial charge in [-0.25, -0.2) is 0 Å². The number of aryl methyl sites for hydroxylation is 1. The van der Waals surface area contributed by atoms with E-state index in [2.05, 4.69) is 5.32 Å². The summed E-state index contributed by atoms with van der Waals surface area (Å²) >= 11 is 7.56. The van der Waals surface area contributed by atoms with E-state index >= 15 is 0 Å². The van der Waals surface area contributed by atoms with Crippen LogP contribution in [0.2, 0.25) is 5.02 Å². The average molecular weight is 390 g/mol. The number of carbonyl (C=O) groups excluding carboxylic acids is 2. The molecule has 2 aromatic rings. The molecule has 2 rings (SSSR count). The van der Waals surface area contributed by atoms with Crippen LogP contribution in [-0.4, -0.2) is 17.4 Å². The van der Waals surface area contributed by atoms with Crippen LogP contribution in [0.25, 0.3) is 0 Å². The minimum atomic E-state index is -2.65. The van der Waals surface area contributed by atoms with Crippen LogP contribution in [0, 0.1) is 6.92 Å². The normalized spacial score (nSPS) is 10.9. The van der Waals surface area contributed by atoms with Crippen LogP contribution in [0.3, 0.4) is 0 Å². The molecule has 0 saturated heterocycles. The molecule has 0 saturated carbocycles. The third kappa shape index (κ3) is 5.29. The molecule has 8 heteroatoms. The molecule has 1 aromatic carbocycles. The Balaban J connectivity index is 1.97. The summed E-state index contributed by atoms with van der Waals surface area (Å²) in [6.07, 6.45) is 0.0325. The Morgan fingerprint density at radius 2 is 2.00 bits per heavy atom. The molecule has 1 aromatic heterocycles. The van der Waals surface area contributed by atoms with E-state index in [0.29, 0.717) is 4.88 Å². The van der Waals surface area contributed by atoms with Crippen molar-refractivity contribution in [3.63, 3.8) is 0 Å². The summed E-state index contributed by atoms with van der Waals surface area (Å²) in [6.45, 7) is 1.90. The van der Waals surface area contributed by atoms with E-state index in [0.717, 1.165) is 4.88 Å². The molecule has 0 atom stereocenters. The SMILES string of the molecule is Cc1ccc(C(=O)CCC(=O)Nc2cccc(Cl)c2SC(F)F)s1. The first kappa shape index (κ1) is 18.9. The number of anilines is 1. The highest BCUT2D eigenvalue weighted by molar-refractivity contribution is 7.99. The van der Waals surface area contributed by atoms with Gasteiger partial charge in [0, 0.05) is 17.7 Å². The second-order valence-electron chi connectivity index (χ2n) is 4.88. The van der Waals surface area contributed by atoms with E-state index < -0.39 is 11.7 Å². The first-order chi connectivity index (χ1) is 11.4. The van der Waals surface area contributed by atoms with Crippen LogP contribution in [0.4, 0.5) is 14.5 Å². The van der Waals surface area contributed by atoms with E-state index in [1.807, 2.05) is 13.0 Å². The molecule has 1 heterocycles. The fraction of sp³-hybridized carbons (Fsp3) is 0.250. The van der Waals surface area contributed by atoms with Gasteiger partial charge in [0.15, 0.2) is 5.78 Å². The molecule has 0 bridgehead atoms. The summed E-state index contributed by atoms with van der Waals surface area (Å²) in [6, 6.07) is 8.11. The highest BCUT2D eigenvalue weighted by Gasteiger charge is 2.16. The number of amides is 1. The van der Waals surface area contributed by atoms with Crippen molar-refractivity contribution in [2.24, 2.45) is 0 Å². The predicted molar refractivity (Wildman–Crippen MR) is 94.6 cm³/mol. The van der Waals surface area contributed by atoms with Crippen molar-refractivity contribution >= 4 is 52.1 Å². The summed E-state index contributed by atoms with van der Waals surface area (Å²) < 4.78 is 25.2. The number of Topliss-reactive ketones (excluding diaryl/α,β-unsaturated/α-hetero) is 1. The van der Waals surface area contributed by atoms with Crippen LogP contribution in [0.15, 0.2) is 35.2 Å². The Morgan fingerprint density at radius 3 is 2.62 bits per heavy atom. The molecule has 0 aliphatic heterocycles. The number of ketones is 1. The molecule has 3 nitrogen and oxygen atoms in total. The van der Waals surface area contributed by atoms with Crippen molar-refractivity contribution < 1.29 is 18.4 Å². The van der Waals surface area contributed by atoms with Gasteiger partial charge in [0.05, 0.1) is 20.5 Å². The van der Waals surface area contributed by atoms with Crippen molar-refractivity contribution in [1.29, 1.82) is 0 Å². The lowest BCUT2D eigenvalue weighted by Gasteiger charge is -2.11. The van der Waals surface area contributed by atoms with Crippen molar-refractivity contribution in [3.8, 4) is 0 Å². The molecule has 24 heavy (non-hydrogen) atoms. The van der Waals surface area contributed by atoms with Crippen molar-refractivity contribution in [2.45, 2.75) is 30.4 Å². The zero-order chi connectivity index (χ0) is 17.7. The smallest absolute Gasteiger partial charge is 0.289 e. The first-order valence-corrected chi connectivity index (χ1v) is 9.07. The number of thiophene rings is 1. The Hall–Kier alpha value is -1.44. The Bertz CT molecular complexity index is 749. The summed E-state index contributed by atoms with van der Waals surface area (Å²) in [5, 5.41) is 2.68. The van der Waals surface area contributed by atoms with Gasteiger partial charge < -0.3 is 5.32 Å². The van der Waals surface area contributed by atoms with Crippen molar-refractivity contribution in [3.05, 3.63) is 45.1 Å². The maximum Gasteiger partial charge on any atom is 0.289 e. The van der Waals surface area contributed by atoms with Gasteiger partial charge in [-0.1, -0.05) is 29.4 Å². The zero-order valence-electron chi connectivity index (χ0n) is 12.6. The van der Waals surface area contributed by atoms with Crippen molar-refractivity contribution in [1.82, 2.24) is 0 Å². The molecule has 0 unspecified atom stereocenters. The third-order valence-electron chi connectivity index (χ3n) is 3.04. The fourth-order valence-electron chi connectivity index (χ4n) is 1.96. The number of halogens is 3. The summed E-state index contributed by atoms with van der Waals surface area (Å²) in [5.74, 6) is -3.18. The fourth-order valence-corrected chi connectivity index (χ4v) is 3.71. The highest BCUT2D eigenvalue weighted by atomic mass is 35.5. The van der Waals surface area contributed by atoms with Gasteiger partial charge in [-0.3, -0.25) is 9.59 Å². The quantitative estimate of drug-likeness (QED) is 0.493. The molecular formula is C16H14ClF2NO2S2. The van der Waals surface area contributed by atoms with E-state index in [1.54, 1.807) is 12.1 Å². The van der Waals surface area contributed by atoms with Gasteiger partial charge in [-0.05, 0) is 31.2 Å². The van der Waals surface area contributed by atoms with E-state index in [4.69, 9.17) is 11.6 Å². The van der Waals surface area contributed by atoms with E-state index in [-0.39, 0.29) is 46.0 Å². The topological polar surface area (TPSA) is 46.2 Å². The zero-order valence-corrected chi connectivity index (χ0v) is 15.0. The third-order valence-corrected chi connectivity index (χ3v) is 5.36. The number of hydrogen-bond donors (Lipinski definition) is 1. The Labute approximate surface area is 151 Å². The molecular weight excluding hydrogens is 376 g/mol. The van der Waals surface area contributed by atoms with Gasteiger partial charge in [0.2, 0.25) is 5.91 Å². The van der Waals surface area contributed by atoms with Gasteiger partial charge in [-0.15, -0.1) is 11.3 Å². The number of nitrogens with one attached hydrogen (secondary N) is 1. The lowest BCUT2D eigenvalue weighted by molar-refractivity contribution is -0.116. The van der Waals surface area contributed by atoms with Gasteiger partial charge in [0.1, 0.15) is 0 Å². The molecule has 1 N–H and O–H groups in total. The molecule has 0 radical (unpaired) electrons. The lowest BCUT2D eigenvalue weighted by atomic mass is 10.2. The Morgan fingerprint density at radius 1 is 1.25 bits per heavy atom. The summed E-state index contributed by atoms with van der Waals surface area (Å²) in [7, 11) is 0. The van der Waals surface area contributed by atoms with Crippen molar-refractivity contribution in [2.75, 3.05) is 5.32 Å². The second kappa shape index (κ2) is 8.60. The highest BCUT2D eigenvalue weighted by Crippen LogP contribution is 2.37. The maximum absolute atomic E-state index is 12.6. The minimum absolute atomic E-state index is 0.0267. The molecule has 0 aliphatic rings. The van der Waals surface area contributed by atoms with Crippen LogP contribution < -0.4 is 5.32 Å². The van der Waals surface area contributed by atoms with Crippen LogP contribution in [0.5, 0.6) is 0 Å². The average Bonchev–Trinajstić information content (AvgIpc) is 2.95. The number of rotatable bonds is 7. The second-order valence-corrected chi connectivity index (χ2v) is 7.57. The van der Waals surface area contributed by atoms with E-state index in [1.165, 1.54) is 23.5 Å². The van der Waals surface area contributed by atoms with Gasteiger partial charge in [0.25, 0.3) is 5.76 Å². The van der Waals surface area contributed by atoms with Crippen LogP contribution in [0.1, 0.15) is 27.4 Å². The number of hydrogen-bond acceptors (Lipinski definition) is 4. The van der Waals surface area contributed by atoms with E-state index in [9.17, 15) is 18.4 Å². The molecule has 0 aliphatic carbocycles. The molecule has 0 fully saturated rings. The number of carbonyl (C=O) groups is 2. The van der Waals surface area contributed by atoms with Gasteiger partial charge >= 0.3 is 0 Å². The standard InChI is InChI=1S/C16H14ClF2NO2S2/c1-9-5-7-13(23-9)12(21)6-8-14(22)20-11-4-2-3-10(17)15(11)24-16(18)19/h2-5,7,16H,6,8H2,1H3,(H,20,22). The summed E-state index contributed by atoms with van der Waals surface area (Å²) in [5.41, 5.74) is 0.220. The number of benzene rings is 1. The minimum Gasteiger partial charge on any atom is -0.325 e. The molecule has 128 valence electrons. The van der Waals surface area contributed by atoms with Crippen LogP contribution >= 0.6 is 34.7 Å². The Kier molecular flexibility index (Phi) is 6.77. The monoisotopic (exact) mass is 389 g/mol. The van der Waals surface area contributed by atoms with Crippen LogP contribution in [-0.2, 0) is 4.79 Å². The largest absolute Gasteiger partial charge is 0.325 e.